The minimum atomic E-state index is 0.423. The average Bonchev–Trinajstić information content (AvgIpc) is 2.94. The summed E-state index contributed by atoms with van der Waals surface area (Å²) in [5, 5.41) is 3.85. The maximum atomic E-state index is 5.63. The van der Waals surface area contributed by atoms with E-state index in [0.717, 1.165) is 6.61 Å². The monoisotopic (exact) mass is 288 g/mol. The van der Waals surface area contributed by atoms with Gasteiger partial charge in [-0.2, -0.15) is 0 Å². The van der Waals surface area contributed by atoms with E-state index in [1.807, 2.05) is 0 Å². The van der Waals surface area contributed by atoms with Crippen molar-refractivity contribution in [3.8, 4) is 0 Å². The van der Waals surface area contributed by atoms with Crippen molar-refractivity contribution in [2.24, 2.45) is 0 Å². The smallest absolute Gasteiger partial charge is 0.0561 e. The van der Waals surface area contributed by atoms with E-state index in [9.17, 15) is 0 Å². The van der Waals surface area contributed by atoms with Crippen LogP contribution in [0.4, 0.5) is 0 Å². The lowest BCUT2D eigenvalue weighted by Crippen LogP contribution is -2.44. The van der Waals surface area contributed by atoms with Crippen molar-refractivity contribution in [3.05, 3.63) is 35.9 Å². The van der Waals surface area contributed by atoms with Crippen LogP contribution in [0.3, 0.4) is 0 Å². The summed E-state index contributed by atoms with van der Waals surface area (Å²) in [6.07, 6.45) is 5.22. The topological polar surface area (TPSA) is 24.5 Å². The first-order valence-electron chi connectivity index (χ1n) is 8.43. The summed E-state index contributed by atoms with van der Waals surface area (Å²) in [5.74, 6) is 0. The number of hydrogen-bond donors (Lipinski definition) is 1. The predicted octanol–water partition coefficient (Wildman–Crippen LogP) is 2.46. The summed E-state index contributed by atoms with van der Waals surface area (Å²) in [6, 6.07) is 12.2. The van der Waals surface area contributed by atoms with Crippen molar-refractivity contribution in [1.82, 2.24) is 10.2 Å². The average molecular weight is 288 g/mol. The Morgan fingerprint density at radius 2 is 2.05 bits per heavy atom. The summed E-state index contributed by atoms with van der Waals surface area (Å²) >= 11 is 0. The van der Waals surface area contributed by atoms with Crippen LogP contribution in [0.1, 0.15) is 31.7 Å². The third-order valence-corrected chi connectivity index (χ3v) is 4.79. The van der Waals surface area contributed by atoms with Crippen LogP contribution in [0.25, 0.3) is 0 Å². The van der Waals surface area contributed by atoms with Crippen LogP contribution in [0.5, 0.6) is 0 Å². The van der Waals surface area contributed by atoms with Crippen LogP contribution >= 0.6 is 0 Å². The molecule has 1 N–H and O–H groups in total. The summed E-state index contributed by atoms with van der Waals surface area (Å²) in [5.41, 5.74) is 1.45. The van der Waals surface area contributed by atoms with Gasteiger partial charge in [0.15, 0.2) is 0 Å². The van der Waals surface area contributed by atoms with E-state index >= 15 is 0 Å². The second-order valence-corrected chi connectivity index (χ2v) is 6.59. The number of nitrogens with zero attached hydrogens (tertiary/aromatic N) is 1. The Kier molecular flexibility index (Phi) is 5.28. The molecule has 0 amide bonds. The molecule has 116 valence electrons. The summed E-state index contributed by atoms with van der Waals surface area (Å²) < 4.78 is 5.63. The van der Waals surface area contributed by atoms with E-state index in [1.54, 1.807) is 0 Å². The van der Waals surface area contributed by atoms with Gasteiger partial charge in [-0.25, -0.2) is 0 Å². The van der Waals surface area contributed by atoms with Crippen LogP contribution in [-0.2, 0) is 11.2 Å². The molecule has 3 rings (SSSR count). The zero-order valence-electron chi connectivity index (χ0n) is 13.1. The molecule has 3 unspecified atom stereocenters. The lowest BCUT2D eigenvalue weighted by Gasteiger charge is -2.30. The Bertz CT molecular complexity index is 422. The number of rotatable bonds is 5. The fourth-order valence-corrected chi connectivity index (χ4v) is 3.59. The molecule has 0 saturated carbocycles. The molecule has 0 radical (unpaired) electrons. The van der Waals surface area contributed by atoms with Crippen molar-refractivity contribution >= 4 is 0 Å². The van der Waals surface area contributed by atoms with Crippen molar-refractivity contribution in [2.45, 2.75) is 50.8 Å². The van der Waals surface area contributed by atoms with E-state index in [-0.39, 0.29) is 0 Å². The molecule has 1 aromatic carbocycles. The molecule has 2 heterocycles. The van der Waals surface area contributed by atoms with E-state index in [4.69, 9.17) is 4.74 Å². The standard InChI is InChI=1S/C18H28N2O/c1-15-13-17(9-12-21-15)19-18-8-11-20(14-18)10-7-16-5-3-2-4-6-16/h2-6,15,17-19H,7-14H2,1H3. The SMILES string of the molecule is CC1CC(NC2CCN(CCc3ccccc3)C2)CCO1. The molecule has 2 saturated heterocycles. The minimum Gasteiger partial charge on any atom is -0.378 e. The van der Waals surface area contributed by atoms with Gasteiger partial charge in [0.2, 0.25) is 0 Å². The van der Waals surface area contributed by atoms with Crippen LogP contribution in [0, 0.1) is 0 Å². The summed E-state index contributed by atoms with van der Waals surface area (Å²) in [7, 11) is 0. The predicted molar refractivity (Wildman–Crippen MR) is 86.6 cm³/mol. The van der Waals surface area contributed by atoms with Crippen LogP contribution in [0.15, 0.2) is 30.3 Å². The molecular weight excluding hydrogens is 260 g/mol. The third kappa shape index (κ3) is 4.53. The van der Waals surface area contributed by atoms with Gasteiger partial charge in [0.05, 0.1) is 6.10 Å². The first-order chi connectivity index (χ1) is 10.3. The quantitative estimate of drug-likeness (QED) is 0.901. The van der Waals surface area contributed by atoms with Crippen molar-refractivity contribution in [2.75, 3.05) is 26.2 Å². The van der Waals surface area contributed by atoms with E-state index < -0.39 is 0 Å². The molecule has 3 heteroatoms. The molecule has 21 heavy (non-hydrogen) atoms. The van der Waals surface area contributed by atoms with E-state index in [1.165, 1.54) is 50.9 Å². The van der Waals surface area contributed by atoms with Crippen LogP contribution < -0.4 is 5.32 Å². The molecular formula is C18H28N2O. The van der Waals surface area contributed by atoms with Gasteiger partial charge in [0, 0.05) is 31.8 Å². The lowest BCUT2D eigenvalue weighted by atomic mass is 10.0. The second-order valence-electron chi connectivity index (χ2n) is 6.59. The molecule has 0 aliphatic carbocycles. The maximum absolute atomic E-state index is 5.63. The third-order valence-electron chi connectivity index (χ3n) is 4.79. The Hall–Kier alpha value is -0.900. The second kappa shape index (κ2) is 7.39. The fraction of sp³-hybridized carbons (Fsp3) is 0.667. The maximum Gasteiger partial charge on any atom is 0.0561 e. The molecule has 3 atom stereocenters. The Labute approximate surface area is 128 Å². The first kappa shape index (κ1) is 15.0. The van der Waals surface area contributed by atoms with Gasteiger partial charge in [0.1, 0.15) is 0 Å². The molecule has 2 fully saturated rings. The van der Waals surface area contributed by atoms with Gasteiger partial charge in [-0.1, -0.05) is 30.3 Å². The highest BCUT2D eigenvalue weighted by molar-refractivity contribution is 5.14. The normalized spacial score (nSPS) is 30.6. The first-order valence-corrected chi connectivity index (χ1v) is 8.43. The zero-order chi connectivity index (χ0) is 14.5. The highest BCUT2D eigenvalue weighted by Crippen LogP contribution is 2.17. The largest absolute Gasteiger partial charge is 0.378 e. The van der Waals surface area contributed by atoms with Crippen molar-refractivity contribution in [3.63, 3.8) is 0 Å². The summed E-state index contributed by atoms with van der Waals surface area (Å²) in [4.78, 5) is 2.60. The molecule has 3 nitrogen and oxygen atoms in total. The highest BCUT2D eigenvalue weighted by Gasteiger charge is 2.26. The van der Waals surface area contributed by atoms with Crippen molar-refractivity contribution in [1.29, 1.82) is 0 Å². The number of nitrogens with one attached hydrogen (secondary N) is 1. The number of ether oxygens (including phenoxy) is 1. The molecule has 2 aliphatic heterocycles. The molecule has 1 aromatic rings. The molecule has 2 aliphatic rings. The van der Waals surface area contributed by atoms with Gasteiger partial charge in [0.25, 0.3) is 0 Å². The van der Waals surface area contributed by atoms with Crippen LogP contribution in [-0.4, -0.2) is 49.3 Å². The van der Waals surface area contributed by atoms with Crippen molar-refractivity contribution < 1.29 is 4.74 Å². The molecule has 0 aromatic heterocycles. The minimum absolute atomic E-state index is 0.423. The van der Waals surface area contributed by atoms with Gasteiger partial charge in [-0.15, -0.1) is 0 Å². The van der Waals surface area contributed by atoms with E-state index in [0.29, 0.717) is 18.2 Å². The van der Waals surface area contributed by atoms with Gasteiger partial charge < -0.3 is 15.0 Å². The zero-order valence-corrected chi connectivity index (χ0v) is 13.1. The highest BCUT2D eigenvalue weighted by atomic mass is 16.5. The fourth-order valence-electron chi connectivity index (χ4n) is 3.59. The van der Waals surface area contributed by atoms with E-state index in [2.05, 4.69) is 47.5 Å². The molecule has 0 bridgehead atoms. The number of likely N-dealkylation sites (tertiary alicyclic amines) is 1. The number of hydrogen-bond acceptors (Lipinski definition) is 3. The summed E-state index contributed by atoms with van der Waals surface area (Å²) in [6.45, 7) is 6.74. The Balaban J connectivity index is 1.39. The van der Waals surface area contributed by atoms with Gasteiger partial charge in [-0.05, 0) is 44.7 Å². The molecule has 0 spiro atoms. The lowest BCUT2D eigenvalue weighted by molar-refractivity contribution is 0.0114. The Morgan fingerprint density at radius 1 is 1.19 bits per heavy atom. The van der Waals surface area contributed by atoms with Crippen LogP contribution in [0.2, 0.25) is 0 Å². The number of benzene rings is 1. The van der Waals surface area contributed by atoms with Gasteiger partial charge in [-0.3, -0.25) is 0 Å². The van der Waals surface area contributed by atoms with Gasteiger partial charge >= 0.3 is 0 Å². The Morgan fingerprint density at radius 3 is 2.86 bits per heavy atom.